The number of anilines is 2. The molecule has 2 unspecified atom stereocenters. The molecule has 4 aliphatic rings. The molecule has 276 valence electrons. The van der Waals surface area contributed by atoms with Crippen molar-refractivity contribution in [3.8, 4) is 0 Å². The topological polar surface area (TPSA) is 117 Å². The van der Waals surface area contributed by atoms with Crippen LogP contribution in [-0.2, 0) is 44.8 Å². The smallest absolute Gasteiger partial charge is 0.273 e. The van der Waals surface area contributed by atoms with E-state index in [0.717, 1.165) is 22.5 Å². The van der Waals surface area contributed by atoms with Gasteiger partial charge in [-0.25, -0.2) is 17.6 Å². The first kappa shape index (κ1) is 35.7. The molecule has 0 saturated carbocycles. The molecule has 0 radical (unpaired) electrons. The van der Waals surface area contributed by atoms with Crippen molar-refractivity contribution in [1.29, 1.82) is 0 Å². The van der Waals surface area contributed by atoms with Crippen LogP contribution in [0.4, 0.5) is 29.5 Å². The summed E-state index contributed by atoms with van der Waals surface area (Å²) in [5.74, 6) is -5.90. The number of halogens is 8. The largest absolute Gasteiger partial charge is 0.348 e. The molecule has 0 N–H and O–H groups in total. The van der Waals surface area contributed by atoms with Crippen molar-refractivity contribution in [2.75, 3.05) is 49.1 Å². The van der Waals surface area contributed by atoms with Gasteiger partial charge < -0.3 is 18.9 Å². The summed E-state index contributed by atoms with van der Waals surface area (Å²) in [4.78, 5) is 46.1. The fourth-order valence-corrected chi connectivity index (χ4v) is 8.46. The van der Waals surface area contributed by atoms with Crippen LogP contribution >= 0.6 is 46.4 Å². The van der Waals surface area contributed by atoms with Crippen LogP contribution < -0.4 is 9.80 Å². The van der Waals surface area contributed by atoms with E-state index in [1.54, 1.807) is 14.1 Å². The minimum Gasteiger partial charge on any atom is -0.348 e. The van der Waals surface area contributed by atoms with Crippen molar-refractivity contribution in [2.45, 2.75) is 49.9 Å². The number of carbonyl (C=O) groups is 1. The Labute approximate surface area is 314 Å². The SMILES string of the molecule is Cn1c(C(C(=O)C(c2cc3c(n2C)CN(c2nc(Cl)nc(Cl)n2)CC3)N2CC(F)(F)C2)N2CC(F)(F)C2)cc2c1CN(c1nc(Cl)nc(Cl)n1)CC2. The minimum atomic E-state index is -3.00. The van der Waals surface area contributed by atoms with Gasteiger partial charge in [0.1, 0.15) is 12.1 Å². The van der Waals surface area contributed by atoms with Crippen molar-refractivity contribution >= 4 is 64.1 Å². The molecule has 4 aromatic rings. The predicted octanol–water partition coefficient (Wildman–Crippen LogP) is 4.73. The lowest BCUT2D eigenvalue weighted by atomic mass is 9.91. The number of aromatic nitrogens is 8. The lowest BCUT2D eigenvalue weighted by molar-refractivity contribution is -0.174. The molecule has 8 heterocycles. The van der Waals surface area contributed by atoms with Crippen molar-refractivity contribution in [3.63, 3.8) is 0 Å². The third-order valence-corrected chi connectivity index (χ3v) is 10.9. The summed E-state index contributed by atoms with van der Waals surface area (Å²) >= 11 is 24.1. The van der Waals surface area contributed by atoms with Crippen LogP contribution in [0.15, 0.2) is 12.1 Å². The van der Waals surface area contributed by atoms with Gasteiger partial charge in [0, 0.05) is 50.0 Å². The lowest BCUT2D eigenvalue weighted by Gasteiger charge is -2.47. The van der Waals surface area contributed by atoms with Crippen LogP contribution in [0.2, 0.25) is 21.1 Å². The van der Waals surface area contributed by atoms with Gasteiger partial charge in [0.2, 0.25) is 33.0 Å². The molecule has 2 atom stereocenters. The number of likely N-dealkylation sites (tertiary alicyclic amines) is 2. The maximum Gasteiger partial charge on any atom is 0.273 e. The van der Waals surface area contributed by atoms with Gasteiger partial charge in [0.15, 0.2) is 5.78 Å². The van der Waals surface area contributed by atoms with Crippen molar-refractivity contribution in [3.05, 3.63) is 67.2 Å². The predicted molar refractivity (Wildman–Crippen MR) is 184 cm³/mol. The van der Waals surface area contributed by atoms with Crippen LogP contribution in [0.1, 0.15) is 46.0 Å². The summed E-state index contributed by atoms with van der Waals surface area (Å²) in [6.07, 6.45) is 1.06. The highest BCUT2D eigenvalue weighted by Gasteiger charge is 2.55. The quantitative estimate of drug-likeness (QED) is 0.231. The Morgan fingerprint density at radius 3 is 1.31 bits per heavy atom. The molecule has 0 spiro atoms. The highest BCUT2D eigenvalue weighted by Crippen LogP contribution is 2.44. The summed E-state index contributed by atoms with van der Waals surface area (Å²) in [6, 6.07) is 1.42. The van der Waals surface area contributed by atoms with E-state index < -0.39 is 55.9 Å². The first-order valence-corrected chi connectivity index (χ1v) is 17.8. The number of nitrogens with zero attached hydrogens (tertiary/aromatic N) is 12. The van der Waals surface area contributed by atoms with Crippen molar-refractivity contribution in [2.24, 2.45) is 14.1 Å². The highest BCUT2D eigenvalue weighted by atomic mass is 35.5. The number of fused-ring (bicyclic) bond motifs is 2. The average molecular weight is 804 g/mol. The second-order valence-electron chi connectivity index (χ2n) is 13.6. The lowest BCUT2D eigenvalue weighted by Crippen LogP contribution is -2.62. The second-order valence-corrected chi connectivity index (χ2v) is 15.0. The zero-order valence-corrected chi connectivity index (χ0v) is 30.7. The Hall–Kier alpha value is -3.35. The van der Waals surface area contributed by atoms with E-state index in [-0.39, 0.29) is 33.0 Å². The second kappa shape index (κ2) is 12.9. The molecule has 0 aromatic carbocycles. The zero-order valence-electron chi connectivity index (χ0n) is 27.7. The van der Waals surface area contributed by atoms with Crippen molar-refractivity contribution in [1.82, 2.24) is 48.8 Å². The minimum absolute atomic E-state index is 0.0603. The Morgan fingerprint density at radius 2 is 0.981 bits per heavy atom. The number of hydrogen-bond donors (Lipinski definition) is 0. The maximum absolute atomic E-state index is 15.1. The Bertz CT molecular complexity index is 1900. The van der Waals surface area contributed by atoms with Crippen LogP contribution in [0.5, 0.6) is 0 Å². The summed E-state index contributed by atoms with van der Waals surface area (Å²) in [7, 11) is 3.54. The molecule has 0 aliphatic carbocycles. The van der Waals surface area contributed by atoms with Gasteiger partial charge in [-0.3, -0.25) is 14.6 Å². The molecule has 0 amide bonds. The molecular formula is C31H30Cl4F4N12O. The summed E-state index contributed by atoms with van der Waals surface area (Å²) in [6.45, 7) is -0.962. The number of Topliss-reactive ketones (excluding diaryl/α,β-unsaturated/α-hetero) is 1. The highest BCUT2D eigenvalue weighted by molar-refractivity contribution is 6.31. The Kier molecular flexibility index (Phi) is 8.85. The van der Waals surface area contributed by atoms with E-state index in [1.165, 1.54) is 9.80 Å². The summed E-state index contributed by atoms with van der Waals surface area (Å²) < 4.78 is 61.7. The zero-order chi connectivity index (χ0) is 36.9. The number of rotatable bonds is 8. The number of ketones is 1. The molecule has 52 heavy (non-hydrogen) atoms. The standard InChI is InChI=1S/C31H30Cl4F4N12O/c1-46-17(7-15-3-5-48(9-19(15)46)28-42-24(32)40-25(33)43-28)21(50-11-30(36,37)12-50)23(52)22(51-13-31(38,39)14-51)18-8-16-4-6-49(10-20(16)47(18)2)29-44-26(34)41-27(35)45-29/h7-8,21-22H,3-6,9-14H2,1-2H3. The van der Waals surface area contributed by atoms with E-state index >= 15 is 4.79 Å². The molecule has 0 bridgehead atoms. The molecule has 4 aliphatic heterocycles. The van der Waals surface area contributed by atoms with E-state index in [4.69, 9.17) is 46.4 Å². The van der Waals surface area contributed by atoms with Gasteiger partial charge in [-0.15, -0.1) is 0 Å². The molecule has 21 heteroatoms. The molecule has 2 fully saturated rings. The molecule has 4 aromatic heterocycles. The third kappa shape index (κ3) is 6.46. The first-order chi connectivity index (χ1) is 24.6. The monoisotopic (exact) mass is 802 g/mol. The first-order valence-electron chi connectivity index (χ1n) is 16.3. The van der Waals surface area contributed by atoms with Crippen LogP contribution in [0.25, 0.3) is 0 Å². The van der Waals surface area contributed by atoms with Gasteiger partial charge in [0.25, 0.3) is 11.8 Å². The molecule has 2 saturated heterocycles. The van der Waals surface area contributed by atoms with Gasteiger partial charge in [-0.1, -0.05) is 0 Å². The average Bonchev–Trinajstić information content (AvgIpc) is 3.54. The number of hydrogen-bond acceptors (Lipinski definition) is 11. The fraction of sp³-hybridized carbons (Fsp3) is 0.516. The van der Waals surface area contributed by atoms with Crippen molar-refractivity contribution < 1.29 is 22.4 Å². The molecule has 8 rings (SSSR count). The number of carbonyl (C=O) groups excluding carboxylic acids is 1. The van der Waals surface area contributed by atoms with E-state index in [9.17, 15) is 17.6 Å². The fourth-order valence-electron chi connectivity index (χ4n) is 7.76. The van der Waals surface area contributed by atoms with E-state index in [0.29, 0.717) is 50.4 Å². The molecular weight excluding hydrogens is 774 g/mol. The number of alkyl halides is 4. The molecule has 13 nitrogen and oxygen atoms in total. The van der Waals surface area contributed by atoms with E-state index in [2.05, 4.69) is 29.9 Å². The van der Waals surface area contributed by atoms with Crippen LogP contribution in [-0.4, -0.2) is 106 Å². The van der Waals surface area contributed by atoms with E-state index in [1.807, 2.05) is 31.1 Å². The van der Waals surface area contributed by atoms with Gasteiger partial charge in [-0.2, -0.15) is 29.9 Å². The summed E-state index contributed by atoms with van der Waals surface area (Å²) in [5, 5.41) is -0.241. The summed E-state index contributed by atoms with van der Waals surface area (Å²) in [5.41, 5.74) is 4.46. The third-order valence-electron chi connectivity index (χ3n) is 10.2. The van der Waals surface area contributed by atoms with Gasteiger partial charge in [0.05, 0.1) is 39.3 Å². The van der Waals surface area contributed by atoms with Gasteiger partial charge in [-0.05, 0) is 82.5 Å². The Balaban J connectivity index is 1.16. The van der Waals surface area contributed by atoms with Crippen LogP contribution in [0, 0.1) is 0 Å². The maximum atomic E-state index is 15.1. The van der Waals surface area contributed by atoms with Crippen LogP contribution in [0.3, 0.4) is 0 Å². The Morgan fingerprint density at radius 1 is 0.635 bits per heavy atom. The van der Waals surface area contributed by atoms with Gasteiger partial charge >= 0.3 is 0 Å². The normalized spacial score (nSPS) is 20.9.